The maximum Gasteiger partial charge on any atom is 0.410 e. The zero-order valence-electron chi connectivity index (χ0n) is 12.2. The minimum atomic E-state index is -0.386. The fourth-order valence-electron chi connectivity index (χ4n) is 3.54. The Hall–Kier alpha value is 0.322. The smallest absolute Gasteiger partial charge is 0.410 e. The van der Waals surface area contributed by atoms with Crippen LogP contribution in [0.4, 0.5) is 4.79 Å². The largest absolute Gasteiger partial charge is 0.444 e. The molecule has 4 heteroatoms. The number of hydrogen-bond donors (Lipinski definition) is 0. The molecule has 0 aromatic rings. The molecule has 0 bridgehead atoms. The summed E-state index contributed by atoms with van der Waals surface area (Å²) in [6, 6.07) is 0. The molecule has 18 heavy (non-hydrogen) atoms. The number of rotatable bonds is 0. The summed E-state index contributed by atoms with van der Waals surface area (Å²) < 4.78 is 5.45. The Bertz CT molecular complexity index is 326. The van der Waals surface area contributed by atoms with Crippen molar-refractivity contribution in [1.82, 2.24) is 4.90 Å². The van der Waals surface area contributed by atoms with Crippen LogP contribution in [0.2, 0.25) is 0 Å². The van der Waals surface area contributed by atoms with Gasteiger partial charge in [0.15, 0.2) is 0 Å². The summed E-state index contributed by atoms with van der Waals surface area (Å²) in [5, 5.41) is 0. The van der Waals surface area contributed by atoms with Crippen LogP contribution in [0, 0.1) is 48.4 Å². The molecule has 0 aromatic heterocycles. The van der Waals surface area contributed by atoms with Gasteiger partial charge in [-0.2, -0.15) is 0 Å². The van der Waals surface area contributed by atoms with Gasteiger partial charge in [0, 0.05) is 44.2 Å². The maximum atomic E-state index is 12.0. The van der Waals surface area contributed by atoms with Crippen LogP contribution in [0.3, 0.4) is 0 Å². The molecule has 1 saturated heterocycles. The van der Waals surface area contributed by atoms with Gasteiger partial charge in [0.1, 0.15) is 5.60 Å². The van der Waals surface area contributed by atoms with E-state index in [0.29, 0.717) is 11.3 Å². The van der Waals surface area contributed by atoms with Crippen molar-refractivity contribution in [2.45, 2.75) is 53.1 Å². The molecule has 2 unspecified atom stereocenters. The molecule has 102 valence electrons. The van der Waals surface area contributed by atoms with Gasteiger partial charge in [0.2, 0.25) is 0 Å². The molecule has 3 nitrogen and oxygen atoms in total. The molecule has 1 saturated carbocycles. The van der Waals surface area contributed by atoms with E-state index in [1.54, 1.807) is 0 Å². The standard InChI is InChI=1S/C14H25NO2.U/c1-10-6-11-8-15(9-14(11,5)7-10)12(16)17-13(2,3)4;/h10-11H,6-9H2,1-5H3;/t10?,11?,14-;/m0./s1. The number of amides is 1. The fraction of sp³-hybridized carbons (Fsp3) is 0.929. The Morgan fingerprint density at radius 2 is 2.00 bits per heavy atom. The maximum absolute atomic E-state index is 12.0. The van der Waals surface area contributed by atoms with E-state index in [4.69, 9.17) is 4.74 Å². The van der Waals surface area contributed by atoms with Gasteiger partial charge >= 0.3 is 6.09 Å². The molecule has 1 amide bonds. The minimum absolute atomic E-state index is 0. The predicted molar refractivity (Wildman–Crippen MR) is 67.8 cm³/mol. The number of carbonyl (C=O) groups excluding carboxylic acids is 1. The molecular formula is C14H25NO2U. The topological polar surface area (TPSA) is 29.5 Å². The Balaban J connectivity index is 0.00000162. The van der Waals surface area contributed by atoms with Crippen LogP contribution in [0.15, 0.2) is 0 Å². The van der Waals surface area contributed by atoms with Crippen molar-refractivity contribution in [3.8, 4) is 0 Å². The van der Waals surface area contributed by atoms with E-state index in [1.807, 2.05) is 25.7 Å². The molecule has 2 aliphatic rings. The Kier molecular flexibility index (Phi) is 4.88. The van der Waals surface area contributed by atoms with Crippen LogP contribution in [0.5, 0.6) is 0 Å². The Morgan fingerprint density at radius 1 is 1.39 bits per heavy atom. The van der Waals surface area contributed by atoms with Gasteiger partial charge in [-0.15, -0.1) is 0 Å². The second kappa shape index (κ2) is 5.37. The zero-order chi connectivity index (χ0) is 12.8. The minimum Gasteiger partial charge on any atom is -0.444 e. The third-order valence-corrected chi connectivity index (χ3v) is 4.13. The molecule has 3 atom stereocenters. The third kappa shape index (κ3) is 3.45. The van der Waals surface area contributed by atoms with Crippen molar-refractivity contribution in [3.63, 3.8) is 0 Å². The van der Waals surface area contributed by atoms with E-state index < -0.39 is 0 Å². The van der Waals surface area contributed by atoms with Gasteiger partial charge in [0.25, 0.3) is 0 Å². The number of carbonyl (C=O) groups is 1. The molecule has 0 aromatic carbocycles. The SMILES string of the molecule is CC1CC2CN(C(=O)OC(C)(C)C)C[C@]2(C)C1.[U]. The van der Waals surface area contributed by atoms with Gasteiger partial charge in [-0.1, -0.05) is 13.8 Å². The van der Waals surface area contributed by atoms with Crippen LogP contribution in [-0.4, -0.2) is 29.7 Å². The first-order chi connectivity index (χ1) is 7.70. The average Bonchev–Trinajstić information content (AvgIpc) is 2.51. The van der Waals surface area contributed by atoms with Gasteiger partial charge in [-0.25, -0.2) is 4.79 Å². The first-order valence-electron chi connectivity index (χ1n) is 6.67. The van der Waals surface area contributed by atoms with Gasteiger partial charge in [0.05, 0.1) is 0 Å². The van der Waals surface area contributed by atoms with Crippen LogP contribution in [0.25, 0.3) is 0 Å². The fourth-order valence-corrected chi connectivity index (χ4v) is 3.54. The van der Waals surface area contributed by atoms with E-state index in [1.165, 1.54) is 12.8 Å². The quantitative estimate of drug-likeness (QED) is 0.536. The monoisotopic (exact) mass is 477 g/mol. The van der Waals surface area contributed by atoms with Crippen LogP contribution >= 0.6 is 0 Å². The van der Waals surface area contributed by atoms with Crippen LogP contribution < -0.4 is 0 Å². The Morgan fingerprint density at radius 3 is 2.50 bits per heavy atom. The molecule has 2 rings (SSSR count). The number of ether oxygens (including phenoxy) is 1. The second-order valence-electron chi connectivity index (χ2n) is 7.26. The third-order valence-electron chi connectivity index (χ3n) is 4.13. The van der Waals surface area contributed by atoms with E-state index in [2.05, 4.69) is 13.8 Å². The average molecular weight is 477 g/mol. The predicted octanol–water partition coefficient (Wildman–Crippen LogP) is 3.29. The van der Waals surface area contributed by atoms with Crippen molar-refractivity contribution in [2.75, 3.05) is 13.1 Å². The zero-order valence-corrected chi connectivity index (χ0v) is 16.4. The van der Waals surface area contributed by atoms with Crippen LogP contribution in [-0.2, 0) is 4.74 Å². The number of nitrogens with zero attached hydrogens (tertiary/aromatic N) is 1. The van der Waals surface area contributed by atoms with E-state index in [-0.39, 0.29) is 42.8 Å². The Labute approximate surface area is 134 Å². The van der Waals surface area contributed by atoms with Crippen molar-refractivity contribution < 1.29 is 40.6 Å². The van der Waals surface area contributed by atoms with E-state index in [9.17, 15) is 4.79 Å². The number of likely N-dealkylation sites (tertiary alicyclic amines) is 1. The molecule has 0 radical (unpaired) electrons. The summed E-state index contributed by atoms with van der Waals surface area (Å²) in [7, 11) is 0. The summed E-state index contributed by atoms with van der Waals surface area (Å²) in [4.78, 5) is 13.9. The molecule has 2 fully saturated rings. The summed E-state index contributed by atoms with van der Waals surface area (Å²) in [6.45, 7) is 12.2. The number of fused-ring (bicyclic) bond motifs is 1. The molecule has 1 aliphatic heterocycles. The van der Waals surface area contributed by atoms with E-state index >= 15 is 0 Å². The van der Waals surface area contributed by atoms with Gasteiger partial charge in [-0.05, 0) is 50.9 Å². The summed E-state index contributed by atoms with van der Waals surface area (Å²) in [6.07, 6.45) is 2.37. The molecule has 1 aliphatic carbocycles. The van der Waals surface area contributed by atoms with Crippen molar-refractivity contribution >= 4 is 6.09 Å². The van der Waals surface area contributed by atoms with Crippen molar-refractivity contribution in [2.24, 2.45) is 17.3 Å². The molecule has 0 spiro atoms. The summed E-state index contributed by atoms with van der Waals surface area (Å²) in [5.41, 5.74) is -0.0562. The van der Waals surface area contributed by atoms with Gasteiger partial charge in [-0.3, -0.25) is 0 Å². The van der Waals surface area contributed by atoms with Crippen LogP contribution in [0.1, 0.15) is 47.5 Å². The first-order valence-corrected chi connectivity index (χ1v) is 6.67. The molecular weight excluding hydrogens is 452 g/mol. The first kappa shape index (κ1) is 16.4. The van der Waals surface area contributed by atoms with Gasteiger partial charge < -0.3 is 9.64 Å². The second-order valence-corrected chi connectivity index (χ2v) is 7.26. The van der Waals surface area contributed by atoms with Crippen molar-refractivity contribution in [1.29, 1.82) is 0 Å². The van der Waals surface area contributed by atoms with E-state index in [0.717, 1.165) is 19.0 Å². The molecule has 1 heterocycles. The number of hydrogen-bond acceptors (Lipinski definition) is 2. The normalized spacial score (nSPS) is 35.1. The summed E-state index contributed by atoms with van der Waals surface area (Å²) >= 11 is 0. The van der Waals surface area contributed by atoms with Crippen molar-refractivity contribution in [3.05, 3.63) is 0 Å². The molecule has 0 N–H and O–H groups in total. The summed E-state index contributed by atoms with van der Waals surface area (Å²) in [5.74, 6) is 1.48.